The Balaban J connectivity index is 1.88. The molecule has 1 aliphatic carbocycles. The van der Waals surface area contributed by atoms with Gasteiger partial charge in [0.05, 0.1) is 6.04 Å². The summed E-state index contributed by atoms with van der Waals surface area (Å²) in [5.74, 6) is 2.15. The summed E-state index contributed by atoms with van der Waals surface area (Å²) in [5.41, 5.74) is 0. The molecule has 1 unspecified atom stereocenters. The summed E-state index contributed by atoms with van der Waals surface area (Å²) in [5, 5.41) is 3.19. The molecule has 1 N–H and O–H groups in total. The van der Waals surface area contributed by atoms with Gasteiger partial charge in [-0.2, -0.15) is 0 Å². The number of hydrogen-bond acceptors (Lipinski definition) is 3. The van der Waals surface area contributed by atoms with Crippen LogP contribution < -0.4 is 5.32 Å². The van der Waals surface area contributed by atoms with Crippen LogP contribution in [0.15, 0.2) is 0 Å². The molecule has 12 heavy (non-hydrogen) atoms. The van der Waals surface area contributed by atoms with Gasteiger partial charge in [0.25, 0.3) is 0 Å². The standard InChI is InChI=1S/C8H14N2OS/c1-10(6-2-3-6)8(11)7-4-12-5-9-7/h6-7,9H,2-5H2,1H3. The topological polar surface area (TPSA) is 32.3 Å². The van der Waals surface area contributed by atoms with Gasteiger partial charge in [0.1, 0.15) is 0 Å². The predicted molar refractivity (Wildman–Crippen MR) is 50.0 cm³/mol. The minimum atomic E-state index is 0.0839. The average molecular weight is 186 g/mol. The van der Waals surface area contributed by atoms with Gasteiger partial charge in [0.2, 0.25) is 5.91 Å². The third-order valence-electron chi connectivity index (χ3n) is 2.46. The molecule has 1 aliphatic heterocycles. The number of carbonyl (C=O) groups excluding carboxylic acids is 1. The second-order valence-corrected chi connectivity index (χ2v) is 4.48. The predicted octanol–water partition coefficient (Wildman–Crippen LogP) is 0.270. The van der Waals surface area contributed by atoms with E-state index in [1.807, 2.05) is 11.9 Å². The summed E-state index contributed by atoms with van der Waals surface area (Å²) in [7, 11) is 1.92. The highest BCUT2D eigenvalue weighted by atomic mass is 32.2. The van der Waals surface area contributed by atoms with Crippen LogP contribution in [-0.4, -0.2) is 41.6 Å². The molecule has 0 spiro atoms. The van der Waals surface area contributed by atoms with Crippen LogP contribution in [0.3, 0.4) is 0 Å². The number of hydrogen-bond donors (Lipinski definition) is 1. The lowest BCUT2D eigenvalue weighted by Crippen LogP contribution is -2.43. The normalized spacial score (nSPS) is 28.9. The molecule has 2 fully saturated rings. The van der Waals surface area contributed by atoms with E-state index in [1.54, 1.807) is 11.8 Å². The molecule has 0 aromatic carbocycles. The van der Waals surface area contributed by atoms with Crippen LogP contribution in [-0.2, 0) is 4.79 Å². The van der Waals surface area contributed by atoms with Gasteiger partial charge in [-0.05, 0) is 12.8 Å². The van der Waals surface area contributed by atoms with Gasteiger partial charge in [0, 0.05) is 24.7 Å². The van der Waals surface area contributed by atoms with Crippen LogP contribution in [0.4, 0.5) is 0 Å². The number of nitrogens with zero attached hydrogens (tertiary/aromatic N) is 1. The maximum atomic E-state index is 11.7. The second kappa shape index (κ2) is 3.26. The van der Waals surface area contributed by atoms with E-state index in [-0.39, 0.29) is 11.9 Å². The summed E-state index contributed by atoms with van der Waals surface area (Å²) in [4.78, 5) is 13.6. The Kier molecular flexibility index (Phi) is 2.28. The zero-order chi connectivity index (χ0) is 8.55. The van der Waals surface area contributed by atoms with E-state index in [0.717, 1.165) is 11.6 Å². The highest BCUT2D eigenvalue weighted by molar-refractivity contribution is 7.99. The third-order valence-corrected chi connectivity index (χ3v) is 3.40. The summed E-state index contributed by atoms with van der Waals surface area (Å²) in [6.07, 6.45) is 2.39. The highest BCUT2D eigenvalue weighted by Crippen LogP contribution is 2.26. The third kappa shape index (κ3) is 1.59. The van der Waals surface area contributed by atoms with E-state index in [0.29, 0.717) is 6.04 Å². The molecule has 1 heterocycles. The van der Waals surface area contributed by atoms with E-state index in [9.17, 15) is 4.79 Å². The first kappa shape index (κ1) is 8.38. The molecule has 0 radical (unpaired) electrons. The van der Waals surface area contributed by atoms with Crippen molar-refractivity contribution in [2.24, 2.45) is 0 Å². The molecule has 2 aliphatic rings. The average Bonchev–Trinajstić information content (AvgIpc) is 2.79. The Morgan fingerprint density at radius 3 is 2.83 bits per heavy atom. The Bertz CT molecular complexity index is 183. The summed E-state index contributed by atoms with van der Waals surface area (Å²) in [6, 6.07) is 0.630. The fourth-order valence-electron chi connectivity index (χ4n) is 1.44. The van der Waals surface area contributed by atoms with Gasteiger partial charge >= 0.3 is 0 Å². The quantitative estimate of drug-likeness (QED) is 0.672. The Hall–Kier alpha value is -0.220. The minimum Gasteiger partial charge on any atom is -0.341 e. The zero-order valence-electron chi connectivity index (χ0n) is 7.25. The fourth-order valence-corrected chi connectivity index (χ4v) is 2.37. The molecular weight excluding hydrogens is 172 g/mol. The number of nitrogens with one attached hydrogen (secondary N) is 1. The maximum Gasteiger partial charge on any atom is 0.240 e. The number of likely N-dealkylation sites (N-methyl/N-ethyl adjacent to an activating group) is 1. The van der Waals surface area contributed by atoms with E-state index in [4.69, 9.17) is 0 Å². The Labute approximate surface area is 76.9 Å². The lowest BCUT2D eigenvalue weighted by molar-refractivity contribution is -0.131. The van der Waals surface area contributed by atoms with Crippen molar-refractivity contribution in [2.75, 3.05) is 18.7 Å². The van der Waals surface area contributed by atoms with Crippen LogP contribution in [0.25, 0.3) is 0 Å². The monoisotopic (exact) mass is 186 g/mol. The number of carbonyl (C=O) groups is 1. The number of rotatable bonds is 2. The summed E-state index contributed by atoms with van der Waals surface area (Å²) >= 11 is 1.80. The van der Waals surface area contributed by atoms with E-state index < -0.39 is 0 Å². The first-order valence-corrected chi connectivity index (χ1v) is 5.52. The van der Waals surface area contributed by atoms with Crippen molar-refractivity contribution >= 4 is 17.7 Å². The van der Waals surface area contributed by atoms with Gasteiger partial charge in [-0.25, -0.2) is 0 Å². The van der Waals surface area contributed by atoms with Crippen LogP contribution in [0.1, 0.15) is 12.8 Å². The molecule has 3 nitrogen and oxygen atoms in total. The maximum absolute atomic E-state index is 11.7. The van der Waals surface area contributed by atoms with Gasteiger partial charge in [-0.15, -0.1) is 11.8 Å². The molecule has 1 amide bonds. The Morgan fingerprint density at radius 2 is 2.33 bits per heavy atom. The minimum absolute atomic E-state index is 0.0839. The van der Waals surface area contributed by atoms with Crippen LogP contribution in [0, 0.1) is 0 Å². The van der Waals surface area contributed by atoms with E-state index in [1.165, 1.54) is 12.8 Å². The van der Waals surface area contributed by atoms with Crippen molar-refractivity contribution in [1.29, 1.82) is 0 Å². The van der Waals surface area contributed by atoms with Crippen molar-refractivity contribution in [3.8, 4) is 0 Å². The smallest absolute Gasteiger partial charge is 0.240 e. The van der Waals surface area contributed by atoms with Crippen LogP contribution in [0.5, 0.6) is 0 Å². The molecule has 0 bridgehead atoms. The molecule has 1 saturated heterocycles. The summed E-state index contributed by atoms with van der Waals surface area (Å²) in [6.45, 7) is 0. The SMILES string of the molecule is CN(C(=O)C1CSCN1)C1CC1. The highest BCUT2D eigenvalue weighted by Gasteiger charge is 2.34. The molecule has 1 saturated carbocycles. The lowest BCUT2D eigenvalue weighted by Gasteiger charge is -2.19. The zero-order valence-corrected chi connectivity index (χ0v) is 8.06. The van der Waals surface area contributed by atoms with Crippen LogP contribution in [0.2, 0.25) is 0 Å². The van der Waals surface area contributed by atoms with Crippen molar-refractivity contribution in [1.82, 2.24) is 10.2 Å². The van der Waals surface area contributed by atoms with Crippen LogP contribution >= 0.6 is 11.8 Å². The molecular formula is C8H14N2OS. The first-order chi connectivity index (χ1) is 5.79. The number of thioether (sulfide) groups is 1. The second-order valence-electron chi connectivity index (χ2n) is 3.45. The largest absolute Gasteiger partial charge is 0.341 e. The van der Waals surface area contributed by atoms with Gasteiger partial charge < -0.3 is 4.90 Å². The van der Waals surface area contributed by atoms with Gasteiger partial charge in [0.15, 0.2) is 0 Å². The molecule has 0 aromatic rings. The molecule has 4 heteroatoms. The van der Waals surface area contributed by atoms with Gasteiger partial charge in [-0.3, -0.25) is 10.1 Å². The fraction of sp³-hybridized carbons (Fsp3) is 0.875. The van der Waals surface area contributed by atoms with E-state index >= 15 is 0 Å². The molecule has 1 atom stereocenters. The van der Waals surface area contributed by atoms with Gasteiger partial charge in [-0.1, -0.05) is 0 Å². The van der Waals surface area contributed by atoms with Crippen molar-refractivity contribution in [3.05, 3.63) is 0 Å². The lowest BCUT2D eigenvalue weighted by atomic mass is 10.3. The molecule has 2 rings (SSSR count). The van der Waals surface area contributed by atoms with Crippen molar-refractivity contribution < 1.29 is 4.79 Å². The number of amides is 1. The molecule has 0 aromatic heterocycles. The van der Waals surface area contributed by atoms with Crippen molar-refractivity contribution in [2.45, 2.75) is 24.9 Å². The molecule has 68 valence electrons. The van der Waals surface area contributed by atoms with E-state index in [2.05, 4.69) is 5.32 Å². The summed E-state index contributed by atoms with van der Waals surface area (Å²) < 4.78 is 0. The van der Waals surface area contributed by atoms with Crippen molar-refractivity contribution in [3.63, 3.8) is 0 Å². The first-order valence-electron chi connectivity index (χ1n) is 4.37. The Morgan fingerprint density at radius 1 is 1.58 bits per heavy atom.